The molecule has 0 spiro atoms. The van der Waals surface area contributed by atoms with Crippen molar-refractivity contribution in [1.82, 2.24) is 0 Å². The summed E-state index contributed by atoms with van der Waals surface area (Å²) in [7, 11) is 0. The van der Waals surface area contributed by atoms with Crippen molar-refractivity contribution in [3.05, 3.63) is 0 Å². The highest BCUT2D eigenvalue weighted by Gasteiger charge is 2.35. The first-order valence-electron chi connectivity index (χ1n) is 3.97. The molecule has 0 unspecified atom stereocenters. The number of aliphatic hydroxyl groups is 3. The van der Waals surface area contributed by atoms with Gasteiger partial charge in [0.05, 0.1) is 12.7 Å². The molecule has 3 N–H and O–H groups in total. The number of halogens is 1. The van der Waals surface area contributed by atoms with E-state index >= 15 is 0 Å². The summed E-state index contributed by atoms with van der Waals surface area (Å²) in [6.45, 7) is -0.331. The molecule has 1 heterocycles. The highest BCUT2D eigenvalue weighted by atomic mass is 127. The van der Waals surface area contributed by atoms with Gasteiger partial charge in [-0.2, -0.15) is 0 Å². The average Bonchev–Trinajstić information content (AvgIpc) is 2.28. The van der Waals surface area contributed by atoms with Gasteiger partial charge in [0.25, 0.3) is 0 Å². The number of hydrogen-bond donors (Lipinski definition) is 3. The summed E-state index contributed by atoms with van der Waals surface area (Å²) in [5.74, 6) is 0. The van der Waals surface area contributed by atoms with Crippen LogP contribution in [0.5, 0.6) is 0 Å². The van der Waals surface area contributed by atoms with Gasteiger partial charge in [0.15, 0.2) is 0 Å². The fourth-order valence-electron chi connectivity index (χ4n) is 1.15. The van der Waals surface area contributed by atoms with Crippen molar-refractivity contribution in [1.29, 1.82) is 0 Å². The van der Waals surface area contributed by atoms with Crippen LogP contribution in [-0.2, 0) is 9.47 Å². The number of ether oxygens (including phenoxy) is 2. The first kappa shape index (κ1) is 11.6. The summed E-state index contributed by atoms with van der Waals surface area (Å²) in [6, 6.07) is 0. The van der Waals surface area contributed by atoms with Crippen molar-refractivity contribution in [2.24, 2.45) is 0 Å². The number of alkyl halides is 1. The summed E-state index contributed by atoms with van der Waals surface area (Å²) < 4.78 is 10.7. The van der Waals surface area contributed by atoms with E-state index in [0.717, 1.165) is 0 Å². The Morgan fingerprint density at radius 1 is 1.15 bits per heavy atom. The van der Waals surface area contributed by atoms with Crippen LogP contribution >= 0.6 is 22.6 Å². The lowest BCUT2D eigenvalue weighted by Crippen LogP contribution is -2.45. The molecule has 1 rings (SSSR count). The van der Waals surface area contributed by atoms with E-state index < -0.39 is 24.4 Å². The van der Waals surface area contributed by atoms with E-state index in [1.165, 1.54) is 0 Å². The third-order valence-electron chi connectivity index (χ3n) is 2.01. The average molecular weight is 304 g/mol. The van der Waals surface area contributed by atoms with Crippen molar-refractivity contribution in [2.45, 2.75) is 24.4 Å². The van der Waals surface area contributed by atoms with Crippen LogP contribution in [0.2, 0.25) is 0 Å². The molecule has 5 nitrogen and oxygen atoms in total. The van der Waals surface area contributed by atoms with E-state index in [2.05, 4.69) is 22.6 Å². The van der Waals surface area contributed by atoms with Gasteiger partial charge in [-0.3, -0.25) is 0 Å². The van der Waals surface area contributed by atoms with Crippen molar-refractivity contribution >= 4 is 22.6 Å². The van der Waals surface area contributed by atoms with Crippen LogP contribution in [0.3, 0.4) is 0 Å². The molecule has 1 fully saturated rings. The summed E-state index contributed by atoms with van der Waals surface area (Å²) in [5.41, 5.74) is 0. The van der Waals surface area contributed by atoms with Crippen LogP contribution in [0.25, 0.3) is 0 Å². The van der Waals surface area contributed by atoms with Crippen molar-refractivity contribution in [3.8, 4) is 0 Å². The Morgan fingerprint density at radius 2 is 1.69 bits per heavy atom. The molecule has 78 valence electrons. The van der Waals surface area contributed by atoms with Gasteiger partial charge in [0, 0.05) is 4.43 Å². The van der Waals surface area contributed by atoms with Crippen LogP contribution in [0.1, 0.15) is 0 Å². The summed E-state index contributed by atoms with van der Waals surface area (Å²) in [4.78, 5) is 0. The molecule has 0 bridgehead atoms. The van der Waals surface area contributed by atoms with Crippen molar-refractivity contribution in [2.75, 3.05) is 17.8 Å². The molecule has 6 heteroatoms. The smallest absolute Gasteiger partial charge is 0.147 e. The highest BCUT2D eigenvalue weighted by molar-refractivity contribution is 14.1. The Balaban J connectivity index is 2.61. The lowest BCUT2D eigenvalue weighted by molar-refractivity contribution is -0.113. The molecule has 0 aliphatic carbocycles. The van der Waals surface area contributed by atoms with Gasteiger partial charge in [0.1, 0.15) is 25.1 Å². The van der Waals surface area contributed by atoms with Crippen LogP contribution in [0.4, 0.5) is 0 Å². The second kappa shape index (κ2) is 5.42. The zero-order chi connectivity index (χ0) is 9.84. The van der Waals surface area contributed by atoms with E-state index in [1.54, 1.807) is 0 Å². The van der Waals surface area contributed by atoms with Gasteiger partial charge in [0.2, 0.25) is 0 Å². The van der Waals surface area contributed by atoms with Gasteiger partial charge < -0.3 is 24.8 Å². The number of aliphatic hydroxyl groups excluding tert-OH is 3. The predicted molar refractivity (Wildman–Crippen MR) is 52.6 cm³/mol. The molecule has 0 aromatic carbocycles. The number of hydrogen-bond acceptors (Lipinski definition) is 5. The zero-order valence-corrected chi connectivity index (χ0v) is 9.12. The molecule has 1 aliphatic heterocycles. The van der Waals surface area contributed by atoms with E-state index in [0.29, 0.717) is 4.43 Å². The predicted octanol–water partition coefficient (Wildman–Crippen LogP) is -1.12. The Hall–Kier alpha value is 0.530. The monoisotopic (exact) mass is 304 g/mol. The molecule has 0 amide bonds. The van der Waals surface area contributed by atoms with E-state index in [4.69, 9.17) is 14.6 Å². The lowest BCUT2D eigenvalue weighted by Gasteiger charge is -2.23. The zero-order valence-electron chi connectivity index (χ0n) is 6.97. The third kappa shape index (κ3) is 2.74. The van der Waals surface area contributed by atoms with Crippen LogP contribution in [0.15, 0.2) is 0 Å². The molecule has 0 radical (unpaired) electrons. The Morgan fingerprint density at radius 3 is 2.23 bits per heavy atom. The normalized spacial score (nSPS) is 41.5. The Labute approximate surface area is 89.8 Å². The molecular formula is C7H13IO5. The van der Waals surface area contributed by atoms with Crippen LogP contribution in [-0.4, -0.2) is 57.6 Å². The topological polar surface area (TPSA) is 79.2 Å². The minimum Gasteiger partial charge on any atom is -0.394 e. The third-order valence-corrected chi connectivity index (χ3v) is 2.88. The lowest BCUT2D eigenvalue weighted by atomic mass is 10.0. The Kier molecular flexibility index (Phi) is 4.84. The van der Waals surface area contributed by atoms with Crippen molar-refractivity contribution in [3.63, 3.8) is 0 Å². The quantitative estimate of drug-likeness (QED) is 0.445. The second-order valence-corrected chi connectivity index (χ2v) is 3.73. The standard InChI is InChI=1S/C7H13IO5/c8-1-4-6(10)7(11)5(2-9)13-3-12-4/h4-7,9-11H,1-3H2/t4-,5+,6+,7-/m0/s1. The van der Waals surface area contributed by atoms with Gasteiger partial charge in [-0.1, -0.05) is 22.6 Å². The Bertz CT molecular complexity index is 140. The fourth-order valence-corrected chi connectivity index (χ4v) is 1.92. The molecule has 0 saturated carbocycles. The molecule has 1 aliphatic rings. The van der Waals surface area contributed by atoms with Gasteiger partial charge >= 0.3 is 0 Å². The molecule has 4 atom stereocenters. The van der Waals surface area contributed by atoms with E-state index in [-0.39, 0.29) is 13.4 Å². The summed E-state index contributed by atoms with van der Waals surface area (Å²) in [6.07, 6.45) is -3.29. The largest absolute Gasteiger partial charge is 0.394 e. The van der Waals surface area contributed by atoms with Gasteiger partial charge in [-0.15, -0.1) is 0 Å². The maximum Gasteiger partial charge on any atom is 0.147 e. The highest BCUT2D eigenvalue weighted by Crippen LogP contribution is 2.16. The summed E-state index contributed by atoms with van der Waals surface area (Å²) >= 11 is 2.05. The van der Waals surface area contributed by atoms with Gasteiger partial charge in [-0.05, 0) is 0 Å². The fraction of sp³-hybridized carbons (Fsp3) is 1.00. The van der Waals surface area contributed by atoms with E-state index in [9.17, 15) is 10.2 Å². The van der Waals surface area contributed by atoms with Crippen molar-refractivity contribution < 1.29 is 24.8 Å². The molecule has 13 heavy (non-hydrogen) atoms. The second-order valence-electron chi connectivity index (χ2n) is 2.85. The summed E-state index contributed by atoms with van der Waals surface area (Å²) in [5, 5.41) is 27.9. The molecular weight excluding hydrogens is 291 g/mol. The van der Waals surface area contributed by atoms with Crippen LogP contribution < -0.4 is 0 Å². The first-order chi connectivity index (χ1) is 6.20. The minimum absolute atomic E-state index is 0.00693. The maximum atomic E-state index is 9.55. The maximum absolute atomic E-state index is 9.55. The van der Waals surface area contributed by atoms with E-state index in [1.807, 2.05) is 0 Å². The first-order valence-corrected chi connectivity index (χ1v) is 5.49. The molecule has 1 saturated heterocycles. The number of rotatable bonds is 2. The van der Waals surface area contributed by atoms with Crippen LogP contribution in [0, 0.1) is 0 Å². The van der Waals surface area contributed by atoms with Gasteiger partial charge in [-0.25, -0.2) is 0 Å². The SMILES string of the molecule is OC[C@H]1OCO[C@@H](CI)[C@@H](O)[C@H]1O. The minimum atomic E-state index is -1.09. The molecule has 0 aromatic rings. The molecule has 0 aromatic heterocycles.